The van der Waals surface area contributed by atoms with Crippen LogP contribution in [0.4, 0.5) is 5.69 Å². The third kappa shape index (κ3) is 7.03. The van der Waals surface area contributed by atoms with Gasteiger partial charge in [-0.2, -0.15) is 0 Å². The van der Waals surface area contributed by atoms with Crippen LogP contribution in [0.1, 0.15) is 39.7 Å². The predicted octanol–water partition coefficient (Wildman–Crippen LogP) is 4.25. The summed E-state index contributed by atoms with van der Waals surface area (Å²) in [7, 11) is -3.89. The van der Waals surface area contributed by atoms with Crippen LogP contribution < -0.4 is 19.1 Å². The summed E-state index contributed by atoms with van der Waals surface area (Å²) in [6.07, 6.45) is 0.289. The number of nitrogens with one attached hydrogen (secondary N) is 1. The van der Waals surface area contributed by atoms with Gasteiger partial charge in [0.05, 0.1) is 11.4 Å². The van der Waals surface area contributed by atoms with Crippen molar-refractivity contribution in [3.63, 3.8) is 0 Å². The Hall–Kier alpha value is -2.69. The van der Waals surface area contributed by atoms with Crippen molar-refractivity contribution in [2.75, 3.05) is 29.8 Å². The maximum Gasteiger partial charge on any atom is 0.244 e. The second kappa shape index (κ2) is 12.9. The number of anilines is 1. The molecule has 1 atom stereocenters. The number of ether oxygens (including phenoxy) is 2. The second-order valence-corrected chi connectivity index (χ2v) is 12.0. The van der Waals surface area contributed by atoms with E-state index in [0.717, 1.165) is 4.31 Å². The van der Waals surface area contributed by atoms with E-state index < -0.39 is 28.5 Å². The molecular weight excluding hydrogens is 553 g/mol. The Balaban J connectivity index is 2.03. The van der Waals surface area contributed by atoms with Crippen LogP contribution in [0.15, 0.2) is 36.4 Å². The molecule has 0 spiro atoms. The second-order valence-electron chi connectivity index (χ2n) is 9.04. The van der Waals surface area contributed by atoms with Crippen LogP contribution in [-0.2, 0) is 26.2 Å². The maximum absolute atomic E-state index is 13.9. The quantitative estimate of drug-likeness (QED) is 0.422. The molecular formula is C26H33Cl2N3O6S. The zero-order chi connectivity index (χ0) is 28.0. The van der Waals surface area contributed by atoms with E-state index in [9.17, 15) is 18.0 Å². The van der Waals surface area contributed by atoms with Crippen LogP contribution in [0.2, 0.25) is 10.0 Å². The van der Waals surface area contributed by atoms with Crippen LogP contribution >= 0.6 is 23.2 Å². The lowest BCUT2D eigenvalue weighted by Crippen LogP contribution is -2.53. The molecule has 1 N–H and O–H groups in total. The van der Waals surface area contributed by atoms with Crippen molar-refractivity contribution in [1.29, 1.82) is 0 Å². The summed E-state index contributed by atoms with van der Waals surface area (Å²) < 4.78 is 38.5. The van der Waals surface area contributed by atoms with Crippen molar-refractivity contribution in [3.05, 3.63) is 52.0 Å². The molecule has 38 heavy (non-hydrogen) atoms. The van der Waals surface area contributed by atoms with E-state index in [-0.39, 0.29) is 36.4 Å². The number of fused-ring (bicyclic) bond motifs is 1. The summed E-state index contributed by atoms with van der Waals surface area (Å²) in [4.78, 5) is 28.4. The van der Waals surface area contributed by atoms with Crippen molar-refractivity contribution in [2.24, 2.45) is 0 Å². The van der Waals surface area contributed by atoms with E-state index >= 15 is 0 Å². The van der Waals surface area contributed by atoms with Crippen molar-refractivity contribution >= 4 is 50.7 Å². The number of benzene rings is 2. The molecule has 9 nitrogen and oxygen atoms in total. The van der Waals surface area contributed by atoms with E-state index in [1.165, 1.54) is 17.9 Å². The number of hydrogen-bond acceptors (Lipinski definition) is 6. The van der Waals surface area contributed by atoms with Gasteiger partial charge in [0.1, 0.15) is 25.8 Å². The third-order valence-electron chi connectivity index (χ3n) is 6.00. The van der Waals surface area contributed by atoms with Crippen molar-refractivity contribution in [2.45, 2.75) is 52.7 Å². The van der Waals surface area contributed by atoms with Crippen molar-refractivity contribution < 1.29 is 27.5 Å². The number of sulfonamides is 1. The summed E-state index contributed by atoms with van der Waals surface area (Å²) >= 11 is 12.8. The molecule has 2 amide bonds. The molecule has 0 bridgehead atoms. The molecule has 1 heterocycles. The van der Waals surface area contributed by atoms with Crippen LogP contribution in [0.25, 0.3) is 0 Å². The minimum atomic E-state index is -3.89. The highest BCUT2D eigenvalue weighted by atomic mass is 35.5. The Kier molecular flexibility index (Phi) is 10.1. The largest absolute Gasteiger partial charge is 0.486 e. The smallest absolute Gasteiger partial charge is 0.244 e. The molecule has 3 rings (SSSR count). The maximum atomic E-state index is 13.9. The Labute approximate surface area is 234 Å². The predicted molar refractivity (Wildman–Crippen MR) is 149 cm³/mol. The Morgan fingerprint density at radius 2 is 1.66 bits per heavy atom. The summed E-state index contributed by atoms with van der Waals surface area (Å²) in [5.41, 5.74) is 0.712. The highest BCUT2D eigenvalue weighted by Gasteiger charge is 2.33. The Morgan fingerprint density at radius 1 is 1.03 bits per heavy atom. The molecule has 2 aromatic carbocycles. The summed E-state index contributed by atoms with van der Waals surface area (Å²) in [6.45, 7) is 7.01. The fraction of sp³-hybridized carbons (Fsp3) is 0.462. The average Bonchev–Trinajstić information content (AvgIpc) is 2.87. The summed E-state index contributed by atoms with van der Waals surface area (Å²) in [5, 5.41) is 3.51. The van der Waals surface area contributed by atoms with E-state index in [2.05, 4.69) is 5.32 Å². The van der Waals surface area contributed by atoms with Gasteiger partial charge < -0.3 is 19.7 Å². The summed E-state index contributed by atoms with van der Waals surface area (Å²) in [5.74, 6) is -0.302. The Bertz CT molecular complexity index is 1250. The van der Waals surface area contributed by atoms with Crippen LogP contribution in [-0.4, -0.2) is 62.7 Å². The number of carbonyl (C=O) groups excluding carboxylic acids is 2. The normalized spacial score (nSPS) is 13.7. The minimum absolute atomic E-state index is 0.0808. The molecule has 12 heteroatoms. The van der Waals surface area contributed by atoms with Crippen molar-refractivity contribution in [1.82, 2.24) is 10.2 Å². The molecule has 208 valence electrons. The minimum Gasteiger partial charge on any atom is -0.486 e. The first-order valence-corrected chi connectivity index (χ1v) is 14.8. The first-order chi connectivity index (χ1) is 18.0. The standard InChI is InChI=1S/C26H33Cl2N3O6S/c1-5-22(26(33)29-17(3)4)30(15-19-20(27)8-7-9-21(19)28)25(32)16-31(38(34,35)6-2)18-10-11-23-24(14-18)37-13-12-36-23/h7-11,14,17,22H,5-6,12-13,15-16H2,1-4H3,(H,29,33)/t22-/m1/s1. The lowest BCUT2D eigenvalue weighted by atomic mass is 10.1. The molecule has 0 fully saturated rings. The molecule has 0 aromatic heterocycles. The number of carbonyl (C=O) groups is 2. The fourth-order valence-electron chi connectivity index (χ4n) is 4.06. The van der Waals surface area contributed by atoms with E-state index in [0.29, 0.717) is 40.3 Å². The molecule has 0 aliphatic carbocycles. The SMILES string of the molecule is CC[C@H](C(=O)NC(C)C)N(Cc1c(Cl)cccc1Cl)C(=O)CN(c1ccc2c(c1)OCCO2)S(=O)(=O)CC. The third-order valence-corrected chi connectivity index (χ3v) is 8.45. The van der Waals surface area contributed by atoms with E-state index in [4.69, 9.17) is 32.7 Å². The van der Waals surface area contributed by atoms with Crippen molar-refractivity contribution in [3.8, 4) is 11.5 Å². The topological polar surface area (TPSA) is 105 Å². The van der Waals surface area contributed by atoms with Gasteiger partial charge in [0.25, 0.3) is 0 Å². The number of rotatable bonds is 11. The average molecular weight is 587 g/mol. The van der Waals surface area contributed by atoms with Gasteiger partial charge in [-0.1, -0.05) is 36.2 Å². The van der Waals surface area contributed by atoms with Gasteiger partial charge in [-0.25, -0.2) is 8.42 Å². The van der Waals surface area contributed by atoms with Gasteiger partial charge in [-0.3, -0.25) is 13.9 Å². The molecule has 1 aliphatic rings. The zero-order valence-electron chi connectivity index (χ0n) is 21.9. The monoisotopic (exact) mass is 585 g/mol. The summed E-state index contributed by atoms with van der Waals surface area (Å²) in [6, 6.07) is 8.63. The van der Waals surface area contributed by atoms with Crippen LogP contribution in [0.5, 0.6) is 11.5 Å². The number of amides is 2. The van der Waals surface area contributed by atoms with Crippen LogP contribution in [0, 0.1) is 0 Å². The van der Waals surface area contributed by atoms with Gasteiger partial charge in [-0.15, -0.1) is 0 Å². The molecule has 2 aromatic rings. The van der Waals surface area contributed by atoms with Gasteiger partial charge in [0.2, 0.25) is 21.8 Å². The van der Waals surface area contributed by atoms with Gasteiger partial charge in [0, 0.05) is 34.3 Å². The first kappa shape index (κ1) is 29.9. The molecule has 0 saturated heterocycles. The molecule has 0 radical (unpaired) electrons. The van der Waals surface area contributed by atoms with Gasteiger partial charge in [-0.05, 0) is 51.5 Å². The highest BCUT2D eigenvalue weighted by molar-refractivity contribution is 7.92. The first-order valence-electron chi connectivity index (χ1n) is 12.4. The lowest BCUT2D eigenvalue weighted by molar-refractivity contribution is -0.140. The number of hydrogen-bond donors (Lipinski definition) is 1. The zero-order valence-corrected chi connectivity index (χ0v) is 24.2. The van der Waals surface area contributed by atoms with Gasteiger partial charge in [0.15, 0.2) is 11.5 Å². The number of halogens is 2. The molecule has 0 unspecified atom stereocenters. The lowest BCUT2D eigenvalue weighted by Gasteiger charge is -2.34. The Morgan fingerprint density at radius 3 is 2.24 bits per heavy atom. The van der Waals surface area contributed by atoms with Gasteiger partial charge >= 0.3 is 0 Å². The fourth-order valence-corrected chi connectivity index (χ4v) is 5.63. The molecule has 1 aliphatic heterocycles. The highest BCUT2D eigenvalue weighted by Crippen LogP contribution is 2.35. The van der Waals surface area contributed by atoms with Crippen LogP contribution in [0.3, 0.4) is 0 Å². The number of nitrogens with zero attached hydrogens (tertiary/aromatic N) is 2. The molecule has 0 saturated carbocycles. The van der Waals surface area contributed by atoms with E-state index in [1.807, 2.05) is 13.8 Å². The van der Waals surface area contributed by atoms with E-state index in [1.54, 1.807) is 37.3 Å².